The van der Waals surface area contributed by atoms with Crippen molar-refractivity contribution in [3.8, 4) is 0 Å². The van der Waals surface area contributed by atoms with Gasteiger partial charge in [-0.1, -0.05) is 0 Å². The van der Waals surface area contributed by atoms with Crippen molar-refractivity contribution in [3.05, 3.63) is 17.1 Å². The van der Waals surface area contributed by atoms with E-state index in [-0.39, 0.29) is 0 Å². The third-order valence-corrected chi connectivity index (χ3v) is 3.00. The van der Waals surface area contributed by atoms with Crippen LogP contribution in [0.5, 0.6) is 0 Å². The van der Waals surface area contributed by atoms with Crippen molar-refractivity contribution in [2.24, 2.45) is 5.73 Å². The molecule has 15 heavy (non-hydrogen) atoms. The number of aryl methyl sites for hydroxylation is 2. The molecule has 1 aliphatic rings. The summed E-state index contributed by atoms with van der Waals surface area (Å²) in [6, 6.07) is 0.292. The van der Waals surface area contributed by atoms with Crippen LogP contribution in [0.4, 0.5) is 5.82 Å². The minimum atomic E-state index is 0.292. The highest BCUT2D eigenvalue weighted by Gasteiger charge is 2.22. The van der Waals surface area contributed by atoms with Gasteiger partial charge in [-0.3, -0.25) is 0 Å². The van der Waals surface area contributed by atoms with Crippen molar-refractivity contribution in [2.75, 3.05) is 18.0 Å². The minimum absolute atomic E-state index is 0.292. The van der Waals surface area contributed by atoms with E-state index < -0.39 is 0 Å². The van der Waals surface area contributed by atoms with Crippen LogP contribution >= 0.6 is 0 Å². The molecule has 1 unspecified atom stereocenters. The average molecular weight is 206 g/mol. The van der Waals surface area contributed by atoms with Gasteiger partial charge in [-0.15, -0.1) is 0 Å². The van der Waals surface area contributed by atoms with Crippen LogP contribution in [0, 0.1) is 20.8 Å². The third kappa shape index (κ3) is 1.95. The molecule has 1 aliphatic heterocycles. The smallest absolute Gasteiger partial charge is 0.135 e. The van der Waals surface area contributed by atoms with Gasteiger partial charge in [0.15, 0.2) is 0 Å². The fraction of sp³-hybridized carbons (Fsp3) is 0.636. The molecule has 0 saturated carbocycles. The fourth-order valence-electron chi connectivity index (χ4n) is 2.04. The molecule has 82 valence electrons. The van der Waals surface area contributed by atoms with Crippen molar-refractivity contribution in [1.29, 1.82) is 0 Å². The van der Waals surface area contributed by atoms with E-state index >= 15 is 0 Å². The summed E-state index contributed by atoms with van der Waals surface area (Å²) in [6.07, 6.45) is 1.06. The Kier molecular flexibility index (Phi) is 2.61. The SMILES string of the molecule is Cc1nc(C)c(C)c(N2CCC(N)C2)n1. The number of nitrogens with zero attached hydrogens (tertiary/aromatic N) is 3. The first-order chi connectivity index (χ1) is 7.08. The quantitative estimate of drug-likeness (QED) is 0.743. The van der Waals surface area contributed by atoms with Gasteiger partial charge in [0.1, 0.15) is 11.6 Å². The van der Waals surface area contributed by atoms with E-state index in [0.717, 1.165) is 36.8 Å². The van der Waals surface area contributed by atoms with Gasteiger partial charge < -0.3 is 10.6 Å². The lowest BCUT2D eigenvalue weighted by Gasteiger charge is -2.20. The molecule has 4 nitrogen and oxygen atoms in total. The summed E-state index contributed by atoms with van der Waals surface area (Å²) in [4.78, 5) is 11.1. The van der Waals surface area contributed by atoms with Crippen LogP contribution in [0.1, 0.15) is 23.5 Å². The second kappa shape index (κ2) is 3.77. The van der Waals surface area contributed by atoms with E-state index in [1.54, 1.807) is 0 Å². The maximum Gasteiger partial charge on any atom is 0.135 e. The number of hydrogen-bond acceptors (Lipinski definition) is 4. The molecular weight excluding hydrogens is 188 g/mol. The predicted molar refractivity (Wildman–Crippen MR) is 61.0 cm³/mol. The zero-order valence-electron chi connectivity index (χ0n) is 9.62. The standard InChI is InChI=1S/C11H18N4/c1-7-8(2)13-9(3)14-11(7)15-5-4-10(12)6-15/h10H,4-6,12H2,1-3H3. The zero-order chi connectivity index (χ0) is 11.0. The van der Waals surface area contributed by atoms with Gasteiger partial charge in [0.05, 0.1) is 0 Å². The van der Waals surface area contributed by atoms with Crippen molar-refractivity contribution in [2.45, 2.75) is 33.2 Å². The van der Waals surface area contributed by atoms with E-state index in [2.05, 4.69) is 21.8 Å². The highest BCUT2D eigenvalue weighted by atomic mass is 15.2. The fourth-order valence-corrected chi connectivity index (χ4v) is 2.04. The number of aromatic nitrogens is 2. The van der Waals surface area contributed by atoms with Crippen LogP contribution in [-0.2, 0) is 0 Å². The van der Waals surface area contributed by atoms with Crippen LogP contribution in [0.25, 0.3) is 0 Å². The Morgan fingerprint density at radius 1 is 1.27 bits per heavy atom. The molecule has 1 saturated heterocycles. The third-order valence-electron chi connectivity index (χ3n) is 3.00. The summed E-state index contributed by atoms with van der Waals surface area (Å²) in [7, 11) is 0. The molecule has 4 heteroatoms. The zero-order valence-corrected chi connectivity index (χ0v) is 9.62. The Labute approximate surface area is 90.5 Å². The lowest BCUT2D eigenvalue weighted by Crippen LogP contribution is -2.27. The molecule has 1 atom stereocenters. The van der Waals surface area contributed by atoms with Gasteiger partial charge in [-0.05, 0) is 27.2 Å². The lowest BCUT2D eigenvalue weighted by molar-refractivity contribution is 0.750. The molecule has 0 radical (unpaired) electrons. The highest BCUT2D eigenvalue weighted by Crippen LogP contribution is 2.22. The molecule has 1 aromatic heterocycles. The van der Waals surface area contributed by atoms with Crippen molar-refractivity contribution >= 4 is 5.82 Å². The molecule has 0 amide bonds. The molecule has 1 aromatic rings. The summed E-state index contributed by atoms with van der Waals surface area (Å²) < 4.78 is 0. The van der Waals surface area contributed by atoms with Crippen molar-refractivity contribution < 1.29 is 0 Å². The topological polar surface area (TPSA) is 55.0 Å². The largest absolute Gasteiger partial charge is 0.355 e. The predicted octanol–water partition coefficient (Wildman–Crippen LogP) is 0.939. The van der Waals surface area contributed by atoms with Gasteiger partial charge in [-0.25, -0.2) is 9.97 Å². The Hall–Kier alpha value is -1.16. The molecule has 2 heterocycles. The Morgan fingerprint density at radius 2 is 2.00 bits per heavy atom. The number of rotatable bonds is 1. The summed E-state index contributed by atoms with van der Waals surface area (Å²) in [5.41, 5.74) is 8.15. The van der Waals surface area contributed by atoms with E-state index in [9.17, 15) is 0 Å². The normalized spacial score (nSPS) is 21.1. The number of anilines is 1. The molecule has 0 aliphatic carbocycles. The van der Waals surface area contributed by atoms with Gasteiger partial charge in [0.25, 0.3) is 0 Å². The van der Waals surface area contributed by atoms with Crippen LogP contribution in [0.2, 0.25) is 0 Å². The second-order valence-electron chi connectivity index (χ2n) is 4.30. The maximum absolute atomic E-state index is 5.90. The van der Waals surface area contributed by atoms with Crippen LogP contribution in [0.15, 0.2) is 0 Å². The van der Waals surface area contributed by atoms with Crippen molar-refractivity contribution in [3.63, 3.8) is 0 Å². The first kappa shape index (κ1) is 10.4. The van der Waals surface area contributed by atoms with Crippen LogP contribution in [-0.4, -0.2) is 29.1 Å². The van der Waals surface area contributed by atoms with Crippen LogP contribution < -0.4 is 10.6 Å². The van der Waals surface area contributed by atoms with Crippen LogP contribution in [0.3, 0.4) is 0 Å². The van der Waals surface area contributed by atoms with E-state index in [1.165, 1.54) is 5.56 Å². The molecule has 0 aromatic carbocycles. The summed E-state index contributed by atoms with van der Waals surface area (Å²) in [5.74, 6) is 1.90. The van der Waals surface area contributed by atoms with E-state index in [1.807, 2.05) is 13.8 Å². The maximum atomic E-state index is 5.90. The average Bonchev–Trinajstić information content (AvgIpc) is 2.58. The molecule has 0 bridgehead atoms. The Bertz CT molecular complexity index is 375. The first-order valence-corrected chi connectivity index (χ1v) is 5.40. The van der Waals surface area contributed by atoms with Crippen molar-refractivity contribution in [1.82, 2.24) is 9.97 Å². The number of nitrogens with two attached hydrogens (primary N) is 1. The molecule has 2 N–H and O–H groups in total. The molecule has 1 fully saturated rings. The minimum Gasteiger partial charge on any atom is -0.355 e. The van der Waals surface area contributed by atoms with E-state index in [4.69, 9.17) is 5.73 Å². The highest BCUT2D eigenvalue weighted by molar-refractivity contribution is 5.49. The van der Waals surface area contributed by atoms with Gasteiger partial charge >= 0.3 is 0 Å². The van der Waals surface area contributed by atoms with Gasteiger partial charge in [0, 0.05) is 30.4 Å². The Balaban J connectivity index is 2.35. The summed E-state index contributed by atoms with van der Waals surface area (Å²) in [6.45, 7) is 7.97. The summed E-state index contributed by atoms with van der Waals surface area (Å²) >= 11 is 0. The van der Waals surface area contributed by atoms with E-state index in [0.29, 0.717) is 6.04 Å². The second-order valence-corrected chi connectivity index (χ2v) is 4.30. The Morgan fingerprint density at radius 3 is 2.60 bits per heavy atom. The number of hydrogen-bond donors (Lipinski definition) is 1. The monoisotopic (exact) mass is 206 g/mol. The first-order valence-electron chi connectivity index (χ1n) is 5.40. The summed E-state index contributed by atoms with van der Waals surface area (Å²) in [5, 5.41) is 0. The lowest BCUT2D eigenvalue weighted by atomic mass is 10.2. The molecule has 0 spiro atoms. The molecule has 2 rings (SSSR count). The molecular formula is C11H18N4. The van der Waals surface area contributed by atoms with Gasteiger partial charge in [-0.2, -0.15) is 0 Å². The van der Waals surface area contributed by atoms with Gasteiger partial charge in [0.2, 0.25) is 0 Å².